The molecule has 0 saturated heterocycles. The summed E-state index contributed by atoms with van der Waals surface area (Å²) in [7, 11) is 0. The molecule has 4 heteroatoms. The highest BCUT2D eigenvalue weighted by Crippen LogP contribution is 2.19. The molecular formula is C19H20N2O2. The lowest BCUT2D eigenvalue weighted by atomic mass is 10.1. The minimum atomic E-state index is -0.731. The number of imidazole rings is 1. The summed E-state index contributed by atoms with van der Waals surface area (Å²) in [5.41, 5.74) is 3.35. The first kappa shape index (κ1) is 15.3. The second-order valence-electron chi connectivity index (χ2n) is 5.68. The topological polar surface area (TPSA) is 55.1 Å². The highest BCUT2D eigenvalue weighted by Gasteiger charge is 2.11. The zero-order valence-electron chi connectivity index (χ0n) is 13.0. The van der Waals surface area contributed by atoms with E-state index in [2.05, 4.69) is 22.8 Å². The summed E-state index contributed by atoms with van der Waals surface area (Å²) in [6, 6.07) is 18.4. The number of hydrogen-bond acceptors (Lipinski definition) is 2. The van der Waals surface area contributed by atoms with Gasteiger partial charge in [-0.1, -0.05) is 42.5 Å². The Hall–Kier alpha value is -2.62. The monoisotopic (exact) mass is 308 g/mol. The van der Waals surface area contributed by atoms with Gasteiger partial charge >= 0.3 is 5.97 Å². The third-order valence-corrected chi connectivity index (χ3v) is 3.96. The molecule has 0 radical (unpaired) electrons. The number of para-hydroxylation sites is 2. The van der Waals surface area contributed by atoms with Crippen molar-refractivity contribution < 1.29 is 9.90 Å². The van der Waals surface area contributed by atoms with Crippen molar-refractivity contribution in [1.29, 1.82) is 0 Å². The molecule has 3 rings (SSSR count). The number of rotatable bonds is 7. The van der Waals surface area contributed by atoms with E-state index in [1.165, 1.54) is 5.56 Å². The largest absolute Gasteiger partial charge is 0.481 e. The summed E-state index contributed by atoms with van der Waals surface area (Å²) in [6.07, 6.45) is 2.54. The van der Waals surface area contributed by atoms with Crippen LogP contribution < -0.4 is 0 Å². The second kappa shape index (κ2) is 7.09. The molecule has 0 aliphatic heterocycles. The van der Waals surface area contributed by atoms with Crippen molar-refractivity contribution in [2.45, 2.75) is 32.2 Å². The van der Waals surface area contributed by atoms with Crippen LogP contribution in [-0.2, 0) is 17.8 Å². The number of carbonyl (C=O) groups is 1. The van der Waals surface area contributed by atoms with E-state index in [1.807, 2.05) is 36.4 Å². The number of fused-ring (bicyclic) bond motifs is 1. The molecule has 1 heterocycles. The molecule has 0 amide bonds. The quantitative estimate of drug-likeness (QED) is 0.674. The van der Waals surface area contributed by atoms with Crippen LogP contribution in [0.4, 0.5) is 0 Å². The zero-order valence-corrected chi connectivity index (χ0v) is 13.0. The van der Waals surface area contributed by atoms with Crippen LogP contribution in [0, 0.1) is 0 Å². The number of aromatic nitrogens is 2. The fourth-order valence-electron chi connectivity index (χ4n) is 2.83. The Balaban J connectivity index is 1.84. The maximum absolute atomic E-state index is 10.7. The molecule has 1 aromatic heterocycles. The Morgan fingerprint density at radius 2 is 1.74 bits per heavy atom. The van der Waals surface area contributed by atoms with E-state index >= 15 is 0 Å². The van der Waals surface area contributed by atoms with E-state index in [9.17, 15) is 4.79 Å². The van der Waals surface area contributed by atoms with E-state index < -0.39 is 5.97 Å². The number of aliphatic carboxylic acids is 1. The van der Waals surface area contributed by atoms with Gasteiger partial charge in [-0.15, -0.1) is 0 Å². The Bertz CT molecular complexity index is 793. The van der Waals surface area contributed by atoms with Crippen molar-refractivity contribution in [2.24, 2.45) is 0 Å². The summed E-state index contributed by atoms with van der Waals surface area (Å²) in [5.74, 6) is 0.303. The van der Waals surface area contributed by atoms with Gasteiger partial charge in [-0.05, 0) is 30.5 Å². The second-order valence-corrected chi connectivity index (χ2v) is 5.68. The molecule has 0 aliphatic rings. The summed E-state index contributed by atoms with van der Waals surface area (Å²) < 4.78 is 2.23. The number of carboxylic acids is 1. The predicted octanol–water partition coefficient (Wildman–Crippen LogP) is 3.88. The number of nitrogens with zero attached hydrogens (tertiary/aromatic N) is 2. The molecular weight excluding hydrogens is 288 g/mol. The number of hydrogen-bond donors (Lipinski definition) is 1. The molecule has 0 fully saturated rings. The van der Waals surface area contributed by atoms with Gasteiger partial charge in [-0.2, -0.15) is 0 Å². The lowest BCUT2D eigenvalue weighted by molar-refractivity contribution is -0.137. The van der Waals surface area contributed by atoms with Gasteiger partial charge in [0.1, 0.15) is 5.82 Å². The van der Waals surface area contributed by atoms with Crippen LogP contribution in [0.1, 0.15) is 30.7 Å². The average Bonchev–Trinajstić information content (AvgIpc) is 2.90. The van der Waals surface area contributed by atoms with Crippen molar-refractivity contribution in [3.8, 4) is 0 Å². The molecule has 0 unspecified atom stereocenters. The minimum absolute atomic E-state index is 0.223. The average molecular weight is 308 g/mol. The van der Waals surface area contributed by atoms with Crippen LogP contribution in [0.25, 0.3) is 11.0 Å². The Morgan fingerprint density at radius 3 is 2.52 bits per heavy atom. The van der Waals surface area contributed by atoms with Gasteiger partial charge in [0.05, 0.1) is 11.0 Å². The smallest absolute Gasteiger partial charge is 0.303 e. The van der Waals surface area contributed by atoms with Gasteiger partial charge in [-0.25, -0.2) is 4.98 Å². The van der Waals surface area contributed by atoms with Crippen LogP contribution in [0.2, 0.25) is 0 Å². The lowest BCUT2D eigenvalue weighted by Crippen LogP contribution is -2.06. The molecule has 1 N–H and O–H groups in total. The van der Waals surface area contributed by atoms with Gasteiger partial charge in [0.2, 0.25) is 0 Å². The number of carboxylic acid groups (broad SMARTS) is 1. The molecule has 0 aliphatic carbocycles. The van der Waals surface area contributed by atoms with E-state index in [-0.39, 0.29) is 6.42 Å². The Kier molecular flexibility index (Phi) is 4.71. The van der Waals surface area contributed by atoms with E-state index in [0.717, 1.165) is 36.2 Å². The Morgan fingerprint density at radius 1 is 1.00 bits per heavy atom. The van der Waals surface area contributed by atoms with Crippen molar-refractivity contribution in [3.05, 3.63) is 66.0 Å². The highest BCUT2D eigenvalue weighted by molar-refractivity contribution is 5.76. The number of unbranched alkanes of at least 4 members (excludes halogenated alkanes) is 1. The molecule has 0 saturated carbocycles. The molecule has 23 heavy (non-hydrogen) atoms. The standard InChI is InChI=1S/C19H20N2O2/c22-19(23)12-6-7-13-21-17-11-5-4-10-16(17)20-18(21)14-15-8-2-1-3-9-15/h1-5,8-11H,6-7,12-14H2,(H,22,23). The van der Waals surface area contributed by atoms with Crippen molar-refractivity contribution in [3.63, 3.8) is 0 Å². The predicted molar refractivity (Wildman–Crippen MR) is 90.5 cm³/mol. The summed E-state index contributed by atoms with van der Waals surface area (Å²) >= 11 is 0. The molecule has 3 aromatic rings. The van der Waals surface area contributed by atoms with Crippen LogP contribution in [-0.4, -0.2) is 20.6 Å². The normalized spacial score (nSPS) is 11.0. The van der Waals surface area contributed by atoms with Crippen molar-refractivity contribution in [2.75, 3.05) is 0 Å². The molecule has 0 spiro atoms. The van der Waals surface area contributed by atoms with Gasteiger partial charge in [0, 0.05) is 19.4 Å². The van der Waals surface area contributed by atoms with E-state index in [4.69, 9.17) is 10.1 Å². The minimum Gasteiger partial charge on any atom is -0.481 e. The molecule has 118 valence electrons. The van der Waals surface area contributed by atoms with Crippen molar-refractivity contribution >= 4 is 17.0 Å². The van der Waals surface area contributed by atoms with Gasteiger partial charge < -0.3 is 9.67 Å². The fraction of sp³-hybridized carbons (Fsp3) is 0.263. The first-order valence-electron chi connectivity index (χ1n) is 7.94. The summed E-state index contributed by atoms with van der Waals surface area (Å²) in [5, 5.41) is 8.77. The maximum atomic E-state index is 10.7. The highest BCUT2D eigenvalue weighted by atomic mass is 16.4. The van der Waals surface area contributed by atoms with Crippen LogP contribution in [0.5, 0.6) is 0 Å². The molecule has 0 bridgehead atoms. The third-order valence-electron chi connectivity index (χ3n) is 3.96. The number of benzene rings is 2. The van der Waals surface area contributed by atoms with Gasteiger partial charge in [0.15, 0.2) is 0 Å². The van der Waals surface area contributed by atoms with E-state index in [0.29, 0.717) is 6.42 Å². The Labute approximate surface area is 135 Å². The maximum Gasteiger partial charge on any atom is 0.303 e. The molecule has 2 aromatic carbocycles. The first-order chi connectivity index (χ1) is 11.2. The van der Waals surface area contributed by atoms with Gasteiger partial charge in [-0.3, -0.25) is 4.79 Å². The zero-order chi connectivity index (χ0) is 16.1. The fourth-order valence-corrected chi connectivity index (χ4v) is 2.83. The first-order valence-corrected chi connectivity index (χ1v) is 7.94. The SMILES string of the molecule is O=C(O)CCCCn1c(Cc2ccccc2)nc2ccccc21. The lowest BCUT2D eigenvalue weighted by Gasteiger charge is -2.09. The third kappa shape index (κ3) is 3.77. The van der Waals surface area contributed by atoms with Gasteiger partial charge in [0.25, 0.3) is 0 Å². The summed E-state index contributed by atoms with van der Waals surface area (Å²) in [4.78, 5) is 15.4. The van der Waals surface area contributed by atoms with Crippen LogP contribution in [0.15, 0.2) is 54.6 Å². The van der Waals surface area contributed by atoms with Crippen molar-refractivity contribution in [1.82, 2.24) is 9.55 Å². The molecule has 0 atom stereocenters. The summed E-state index contributed by atoms with van der Waals surface area (Å²) in [6.45, 7) is 0.802. The molecule has 4 nitrogen and oxygen atoms in total. The van der Waals surface area contributed by atoms with Crippen LogP contribution >= 0.6 is 0 Å². The van der Waals surface area contributed by atoms with Crippen LogP contribution in [0.3, 0.4) is 0 Å². The number of aryl methyl sites for hydroxylation is 1. The van der Waals surface area contributed by atoms with E-state index in [1.54, 1.807) is 0 Å².